The fourth-order valence-corrected chi connectivity index (χ4v) is 5.92. The molecule has 4 aromatic rings. The van der Waals surface area contributed by atoms with Crippen LogP contribution in [0.4, 0.5) is 32.8 Å². The van der Waals surface area contributed by atoms with Gasteiger partial charge >= 0.3 is 0 Å². The molecule has 46 heavy (non-hydrogen) atoms. The third kappa shape index (κ3) is 7.91. The quantitative estimate of drug-likeness (QED) is 0.0896. The number of likely N-dealkylation sites (N-methyl/N-ethyl adjacent to an activating group) is 1. The van der Waals surface area contributed by atoms with Gasteiger partial charge in [0, 0.05) is 42.8 Å². The van der Waals surface area contributed by atoms with Crippen LogP contribution >= 0.6 is 0 Å². The van der Waals surface area contributed by atoms with E-state index in [-0.39, 0.29) is 42.1 Å². The zero-order valence-corrected chi connectivity index (χ0v) is 26.2. The molecule has 1 saturated carbocycles. The Morgan fingerprint density at radius 2 is 1.72 bits per heavy atom. The molecule has 1 fully saturated rings. The summed E-state index contributed by atoms with van der Waals surface area (Å²) in [6, 6.07) is 17.9. The second-order valence-electron chi connectivity index (χ2n) is 10.9. The van der Waals surface area contributed by atoms with E-state index >= 15 is 0 Å². The van der Waals surface area contributed by atoms with Crippen molar-refractivity contribution in [1.29, 1.82) is 0 Å². The number of amides is 2. The largest absolute Gasteiger partial charge is 0.472 e. The van der Waals surface area contributed by atoms with Crippen molar-refractivity contribution in [2.24, 2.45) is 4.99 Å². The van der Waals surface area contributed by atoms with E-state index in [2.05, 4.69) is 20.9 Å². The van der Waals surface area contributed by atoms with Gasteiger partial charge in [0.15, 0.2) is 0 Å². The Kier molecular flexibility index (Phi) is 9.71. The molecule has 0 radical (unpaired) electrons. The highest BCUT2D eigenvalue weighted by Crippen LogP contribution is 2.46. The van der Waals surface area contributed by atoms with Crippen molar-refractivity contribution < 1.29 is 26.8 Å². The normalized spacial score (nSPS) is 13.2. The van der Waals surface area contributed by atoms with Gasteiger partial charge in [-0.05, 0) is 97.5 Å². The second-order valence-corrected chi connectivity index (χ2v) is 12.9. The predicted molar refractivity (Wildman–Crippen MR) is 177 cm³/mol. The number of furan rings is 1. The first-order chi connectivity index (χ1) is 22.0. The molecule has 5 rings (SSSR count). The van der Waals surface area contributed by atoms with E-state index in [0.29, 0.717) is 34.6 Å². The Morgan fingerprint density at radius 3 is 2.30 bits per heavy atom. The lowest BCUT2D eigenvalue weighted by Crippen LogP contribution is -2.35. The van der Waals surface area contributed by atoms with Gasteiger partial charge in [-0.1, -0.05) is 0 Å². The Morgan fingerprint density at radius 1 is 1.04 bits per heavy atom. The van der Waals surface area contributed by atoms with Crippen LogP contribution in [0.1, 0.15) is 46.7 Å². The van der Waals surface area contributed by atoms with E-state index in [4.69, 9.17) is 10.2 Å². The van der Waals surface area contributed by atoms with Gasteiger partial charge in [-0.15, -0.1) is 0 Å². The SMILES string of the molecule is CNC(=O)C(=Nc1ccc(Nc2ccc(F)cc2)cc1)c1cc(C2CC2)c(N(CCCNC(=O)c2ccoc2)S(C)(=O)=O)cc1N. The molecule has 1 aliphatic rings. The van der Waals surface area contributed by atoms with Gasteiger partial charge in [-0.3, -0.25) is 13.9 Å². The third-order valence-electron chi connectivity index (χ3n) is 7.43. The number of nitrogen functional groups attached to an aromatic ring is 1. The van der Waals surface area contributed by atoms with Gasteiger partial charge in [0.2, 0.25) is 10.0 Å². The van der Waals surface area contributed by atoms with Crippen molar-refractivity contribution in [2.75, 3.05) is 41.7 Å². The molecule has 1 aliphatic carbocycles. The van der Waals surface area contributed by atoms with Gasteiger partial charge in [0.05, 0.1) is 29.5 Å². The van der Waals surface area contributed by atoms with Crippen molar-refractivity contribution in [1.82, 2.24) is 10.6 Å². The van der Waals surface area contributed by atoms with E-state index in [0.717, 1.165) is 30.3 Å². The Hall–Kier alpha value is -5.17. The number of aliphatic imine (C=N–C) groups is 1. The number of anilines is 4. The van der Waals surface area contributed by atoms with Crippen LogP contribution in [0.15, 0.2) is 88.7 Å². The topological polar surface area (TPSA) is 159 Å². The molecule has 3 aromatic carbocycles. The summed E-state index contributed by atoms with van der Waals surface area (Å²) in [6.45, 7) is 0.353. The molecule has 0 saturated heterocycles. The van der Waals surface area contributed by atoms with Gasteiger partial charge in [0.1, 0.15) is 17.8 Å². The van der Waals surface area contributed by atoms with E-state index in [1.807, 2.05) is 0 Å². The molecule has 1 heterocycles. The van der Waals surface area contributed by atoms with E-state index in [1.165, 1.54) is 36.0 Å². The molecule has 1 aromatic heterocycles. The Labute approximate surface area is 266 Å². The average Bonchev–Trinajstić information content (AvgIpc) is 3.72. The van der Waals surface area contributed by atoms with Crippen molar-refractivity contribution in [2.45, 2.75) is 25.2 Å². The molecule has 11 nitrogen and oxygen atoms in total. The predicted octanol–water partition coefficient (Wildman–Crippen LogP) is 5.07. The summed E-state index contributed by atoms with van der Waals surface area (Å²) in [5.74, 6) is -0.998. The van der Waals surface area contributed by atoms with Crippen LogP contribution in [0, 0.1) is 5.82 Å². The standard InChI is InChI=1S/C33H35FN6O5S/c1-36-33(42)31(39-26-12-10-25(11-13-26)38-24-8-6-23(34)7-9-24)28-18-27(21-4-5-21)30(19-29(28)35)40(46(2,43)44)16-3-15-37-32(41)22-14-17-45-20-22/h6-14,17-21,38H,3-5,15-16,35H2,1-2H3,(H,36,42)(H,37,41). The number of carbonyl (C=O) groups excluding carboxylic acids is 2. The number of hydrogen-bond acceptors (Lipinski definition) is 8. The number of carbonyl (C=O) groups is 2. The van der Waals surface area contributed by atoms with Crippen LogP contribution in [-0.2, 0) is 14.8 Å². The zero-order valence-electron chi connectivity index (χ0n) is 25.4. The zero-order chi connectivity index (χ0) is 32.8. The summed E-state index contributed by atoms with van der Waals surface area (Å²) in [6.07, 6.45) is 5.94. The number of halogens is 1. The fraction of sp³-hybridized carbons (Fsp3) is 0.242. The minimum absolute atomic E-state index is 0.0839. The van der Waals surface area contributed by atoms with E-state index < -0.39 is 15.9 Å². The van der Waals surface area contributed by atoms with Crippen molar-refractivity contribution in [3.8, 4) is 0 Å². The molecule has 13 heteroatoms. The maximum atomic E-state index is 13.2. The number of sulfonamides is 1. The van der Waals surface area contributed by atoms with Gasteiger partial charge in [-0.25, -0.2) is 17.8 Å². The summed E-state index contributed by atoms with van der Waals surface area (Å²) in [4.78, 5) is 30.0. The van der Waals surface area contributed by atoms with Crippen LogP contribution in [-0.4, -0.2) is 52.3 Å². The van der Waals surface area contributed by atoms with Crippen LogP contribution < -0.4 is 26.0 Å². The lowest BCUT2D eigenvalue weighted by molar-refractivity contribution is -0.114. The summed E-state index contributed by atoms with van der Waals surface area (Å²) in [5, 5.41) is 8.57. The summed E-state index contributed by atoms with van der Waals surface area (Å²) in [7, 11) is -2.23. The van der Waals surface area contributed by atoms with E-state index in [1.54, 1.807) is 54.6 Å². The van der Waals surface area contributed by atoms with Crippen molar-refractivity contribution in [3.63, 3.8) is 0 Å². The minimum Gasteiger partial charge on any atom is -0.472 e. The lowest BCUT2D eigenvalue weighted by Gasteiger charge is -2.26. The molecule has 5 N–H and O–H groups in total. The summed E-state index contributed by atoms with van der Waals surface area (Å²) in [5.41, 5.74) is 10.7. The summed E-state index contributed by atoms with van der Waals surface area (Å²) < 4.78 is 45.5. The van der Waals surface area contributed by atoms with Crippen LogP contribution in [0.5, 0.6) is 0 Å². The molecule has 0 spiro atoms. The molecular weight excluding hydrogens is 611 g/mol. The Bertz CT molecular complexity index is 1840. The highest BCUT2D eigenvalue weighted by Gasteiger charge is 2.32. The molecule has 0 atom stereocenters. The number of benzene rings is 3. The third-order valence-corrected chi connectivity index (χ3v) is 8.61. The highest BCUT2D eigenvalue weighted by atomic mass is 32.2. The second kappa shape index (κ2) is 13.9. The minimum atomic E-state index is -3.72. The molecule has 2 amide bonds. The number of hydrogen-bond donors (Lipinski definition) is 4. The number of rotatable bonds is 13. The average molecular weight is 647 g/mol. The van der Waals surface area contributed by atoms with Crippen molar-refractivity contribution in [3.05, 3.63) is 102 Å². The monoisotopic (exact) mass is 646 g/mol. The maximum absolute atomic E-state index is 13.2. The van der Waals surface area contributed by atoms with Crippen LogP contribution in [0.25, 0.3) is 0 Å². The first kappa shape index (κ1) is 32.2. The Balaban J connectivity index is 1.41. The number of nitrogens with zero attached hydrogens (tertiary/aromatic N) is 2. The first-order valence-corrected chi connectivity index (χ1v) is 16.5. The van der Waals surface area contributed by atoms with E-state index in [9.17, 15) is 22.4 Å². The fourth-order valence-electron chi connectivity index (χ4n) is 4.95. The number of nitrogens with one attached hydrogen (secondary N) is 3. The molecule has 0 unspecified atom stereocenters. The number of nitrogens with two attached hydrogens (primary N) is 1. The maximum Gasteiger partial charge on any atom is 0.270 e. The molecule has 0 bridgehead atoms. The smallest absolute Gasteiger partial charge is 0.270 e. The van der Waals surface area contributed by atoms with Crippen LogP contribution in [0.2, 0.25) is 0 Å². The highest BCUT2D eigenvalue weighted by molar-refractivity contribution is 7.92. The first-order valence-electron chi connectivity index (χ1n) is 14.7. The molecular formula is C33H35FN6O5S. The van der Waals surface area contributed by atoms with Gasteiger partial charge in [-0.2, -0.15) is 0 Å². The molecule has 240 valence electrons. The lowest BCUT2D eigenvalue weighted by atomic mass is 9.98. The molecule has 0 aliphatic heterocycles. The van der Waals surface area contributed by atoms with Crippen LogP contribution in [0.3, 0.4) is 0 Å². The van der Waals surface area contributed by atoms with Gasteiger partial charge < -0.3 is 26.1 Å². The van der Waals surface area contributed by atoms with Gasteiger partial charge in [0.25, 0.3) is 11.8 Å². The van der Waals surface area contributed by atoms with Crippen molar-refractivity contribution >= 4 is 56.0 Å². The summed E-state index contributed by atoms with van der Waals surface area (Å²) >= 11 is 0.